The highest BCUT2D eigenvalue weighted by Gasteiger charge is 2.14. The van der Waals surface area contributed by atoms with Gasteiger partial charge in [-0.25, -0.2) is 9.67 Å². The molecule has 9 heteroatoms. The summed E-state index contributed by atoms with van der Waals surface area (Å²) in [4.78, 5) is 25.7. The number of carbonyl (C=O) groups is 1. The SMILES string of the molecule is C/C=C/C(=O)Nc1ccc(Cn2ncc3cnc(Nc4ccc(N5CCN(C)CC5)cc4)nc32)cc1. The third kappa shape index (κ3) is 5.52. The molecule has 2 aromatic heterocycles. The first-order chi connectivity index (χ1) is 17.6. The van der Waals surface area contributed by atoms with Crippen molar-refractivity contribution in [3.8, 4) is 0 Å². The standard InChI is InChI=1S/C27H30N8O/c1-3-4-25(36)30-22-7-5-20(6-8-22)19-35-26-21(18-29-35)17-28-27(32-26)31-23-9-11-24(12-10-23)34-15-13-33(2)14-16-34/h3-12,17-18H,13-16,19H2,1-2H3,(H,30,36)(H,28,31,32)/b4-3+. The summed E-state index contributed by atoms with van der Waals surface area (Å²) in [6, 6.07) is 16.1. The summed E-state index contributed by atoms with van der Waals surface area (Å²) in [6.07, 6.45) is 6.76. The number of allylic oxidation sites excluding steroid dienone is 1. The van der Waals surface area contributed by atoms with Crippen LogP contribution in [0.3, 0.4) is 0 Å². The van der Waals surface area contributed by atoms with Crippen LogP contribution in [0.15, 0.2) is 73.1 Å². The second-order valence-corrected chi connectivity index (χ2v) is 8.92. The predicted octanol–water partition coefficient (Wildman–Crippen LogP) is 3.88. The number of fused-ring (bicyclic) bond motifs is 1. The molecule has 36 heavy (non-hydrogen) atoms. The highest BCUT2D eigenvalue weighted by molar-refractivity contribution is 5.99. The summed E-state index contributed by atoms with van der Waals surface area (Å²) in [5.41, 5.74) is 4.73. The molecular weight excluding hydrogens is 452 g/mol. The first-order valence-corrected chi connectivity index (χ1v) is 12.1. The van der Waals surface area contributed by atoms with Gasteiger partial charge in [0.05, 0.1) is 18.1 Å². The molecule has 1 aliphatic heterocycles. The molecule has 0 radical (unpaired) electrons. The topological polar surface area (TPSA) is 91.2 Å². The summed E-state index contributed by atoms with van der Waals surface area (Å²) < 4.78 is 1.85. The Morgan fingerprint density at radius 2 is 1.69 bits per heavy atom. The lowest BCUT2D eigenvalue weighted by Crippen LogP contribution is -2.44. The van der Waals surface area contributed by atoms with Crippen LogP contribution in [0, 0.1) is 0 Å². The Hall–Kier alpha value is -4.24. The molecule has 1 aliphatic rings. The number of anilines is 4. The van der Waals surface area contributed by atoms with Gasteiger partial charge in [-0.2, -0.15) is 10.1 Å². The molecular formula is C27H30N8O. The third-order valence-electron chi connectivity index (χ3n) is 6.24. The van der Waals surface area contributed by atoms with E-state index in [-0.39, 0.29) is 5.91 Å². The Kier molecular flexibility index (Phi) is 6.90. The van der Waals surface area contributed by atoms with E-state index in [1.165, 1.54) is 11.8 Å². The van der Waals surface area contributed by atoms with Gasteiger partial charge in [0.15, 0.2) is 5.65 Å². The predicted molar refractivity (Wildman–Crippen MR) is 144 cm³/mol. The fourth-order valence-corrected chi connectivity index (χ4v) is 4.19. The number of nitrogens with one attached hydrogen (secondary N) is 2. The minimum atomic E-state index is -0.144. The minimum Gasteiger partial charge on any atom is -0.369 e. The summed E-state index contributed by atoms with van der Waals surface area (Å²) in [7, 11) is 2.16. The summed E-state index contributed by atoms with van der Waals surface area (Å²) >= 11 is 0. The molecule has 9 nitrogen and oxygen atoms in total. The van der Waals surface area contributed by atoms with E-state index in [4.69, 9.17) is 4.98 Å². The number of likely N-dealkylation sites (N-methyl/N-ethyl adjacent to an activating group) is 1. The first kappa shape index (κ1) is 23.5. The van der Waals surface area contributed by atoms with Gasteiger partial charge >= 0.3 is 0 Å². The maximum Gasteiger partial charge on any atom is 0.248 e. The van der Waals surface area contributed by atoms with Crippen molar-refractivity contribution in [1.29, 1.82) is 0 Å². The number of hydrogen-bond acceptors (Lipinski definition) is 7. The van der Waals surface area contributed by atoms with Crippen LogP contribution >= 0.6 is 0 Å². The molecule has 2 N–H and O–H groups in total. The third-order valence-corrected chi connectivity index (χ3v) is 6.24. The molecule has 0 saturated carbocycles. The number of aromatic nitrogens is 4. The minimum absolute atomic E-state index is 0.144. The molecule has 5 rings (SSSR count). The van der Waals surface area contributed by atoms with E-state index >= 15 is 0 Å². The van der Waals surface area contributed by atoms with Crippen molar-refractivity contribution in [2.45, 2.75) is 13.5 Å². The number of amides is 1. The quantitative estimate of drug-likeness (QED) is 0.386. The summed E-state index contributed by atoms with van der Waals surface area (Å²) in [6.45, 7) is 6.62. The highest BCUT2D eigenvalue weighted by atomic mass is 16.1. The van der Waals surface area contributed by atoms with E-state index in [1.54, 1.807) is 18.5 Å². The molecule has 184 valence electrons. The first-order valence-electron chi connectivity index (χ1n) is 12.1. The summed E-state index contributed by atoms with van der Waals surface area (Å²) in [5.74, 6) is 0.382. The fraction of sp³-hybridized carbons (Fsp3) is 0.259. The van der Waals surface area contributed by atoms with Crippen molar-refractivity contribution in [2.75, 3.05) is 48.8 Å². The average molecular weight is 483 g/mol. The molecule has 1 saturated heterocycles. The van der Waals surface area contributed by atoms with E-state index < -0.39 is 0 Å². The number of rotatable bonds is 7. The van der Waals surface area contributed by atoms with E-state index in [2.05, 4.69) is 61.8 Å². The molecule has 0 aliphatic carbocycles. The van der Waals surface area contributed by atoms with Crippen LogP contribution in [0.4, 0.5) is 23.0 Å². The van der Waals surface area contributed by atoms with Crippen molar-refractivity contribution in [3.63, 3.8) is 0 Å². The molecule has 0 atom stereocenters. The van der Waals surface area contributed by atoms with Crippen molar-refractivity contribution in [1.82, 2.24) is 24.6 Å². The van der Waals surface area contributed by atoms with Gasteiger partial charge < -0.3 is 20.4 Å². The van der Waals surface area contributed by atoms with Crippen LogP contribution in [0.25, 0.3) is 11.0 Å². The lowest BCUT2D eigenvalue weighted by Gasteiger charge is -2.34. The van der Waals surface area contributed by atoms with E-state index in [0.29, 0.717) is 12.5 Å². The van der Waals surface area contributed by atoms with Gasteiger partial charge in [-0.1, -0.05) is 18.2 Å². The Labute approximate surface area is 210 Å². The largest absolute Gasteiger partial charge is 0.369 e. The monoisotopic (exact) mass is 482 g/mol. The second kappa shape index (κ2) is 10.6. The number of carbonyl (C=O) groups excluding carboxylic acids is 1. The fourth-order valence-electron chi connectivity index (χ4n) is 4.19. The van der Waals surface area contributed by atoms with Crippen LogP contribution in [0.1, 0.15) is 12.5 Å². The zero-order valence-corrected chi connectivity index (χ0v) is 20.6. The zero-order chi connectivity index (χ0) is 24.9. The number of nitrogens with zero attached hydrogens (tertiary/aromatic N) is 6. The van der Waals surface area contributed by atoms with Gasteiger partial charge in [-0.3, -0.25) is 4.79 Å². The second-order valence-electron chi connectivity index (χ2n) is 8.92. The Balaban J connectivity index is 1.26. The lowest BCUT2D eigenvalue weighted by atomic mass is 10.2. The van der Waals surface area contributed by atoms with E-state index in [0.717, 1.165) is 54.2 Å². The van der Waals surface area contributed by atoms with E-state index in [9.17, 15) is 4.79 Å². The normalized spacial score (nSPS) is 14.4. The maximum atomic E-state index is 11.7. The average Bonchev–Trinajstić information content (AvgIpc) is 3.28. The Morgan fingerprint density at radius 1 is 0.972 bits per heavy atom. The van der Waals surface area contributed by atoms with Gasteiger partial charge in [0.1, 0.15) is 0 Å². The van der Waals surface area contributed by atoms with Gasteiger partial charge in [-0.15, -0.1) is 0 Å². The van der Waals surface area contributed by atoms with Crippen LogP contribution < -0.4 is 15.5 Å². The van der Waals surface area contributed by atoms with Crippen LogP contribution in [0.2, 0.25) is 0 Å². The highest BCUT2D eigenvalue weighted by Crippen LogP contribution is 2.22. The van der Waals surface area contributed by atoms with Crippen molar-refractivity contribution >= 4 is 40.0 Å². The molecule has 0 spiro atoms. The molecule has 2 aromatic carbocycles. The lowest BCUT2D eigenvalue weighted by molar-refractivity contribution is -0.111. The molecule has 3 heterocycles. The zero-order valence-electron chi connectivity index (χ0n) is 20.6. The van der Waals surface area contributed by atoms with Crippen molar-refractivity contribution in [3.05, 3.63) is 78.6 Å². The molecule has 1 fully saturated rings. The van der Waals surface area contributed by atoms with Gasteiger partial charge in [0.2, 0.25) is 11.9 Å². The molecule has 4 aromatic rings. The Morgan fingerprint density at radius 3 is 2.42 bits per heavy atom. The van der Waals surface area contributed by atoms with Crippen LogP contribution in [-0.2, 0) is 11.3 Å². The van der Waals surface area contributed by atoms with Gasteiger partial charge in [0.25, 0.3) is 0 Å². The van der Waals surface area contributed by atoms with Crippen molar-refractivity contribution in [2.24, 2.45) is 0 Å². The number of hydrogen-bond donors (Lipinski definition) is 2. The molecule has 1 amide bonds. The maximum absolute atomic E-state index is 11.7. The van der Waals surface area contributed by atoms with E-state index in [1.807, 2.05) is 35.9 Å². The van der Waals surface area contributed by atoms with Gasteiger partial charge in [-0.05, 0) is 62.0 Å². The summed E-state index contributed by atoms with van der Waals surface area (Å²) in [5, 5.41) is 11.5. The molecule has 0 unspecified atom stereocenters. The molecule has 0 bridgehead atoms. The Bertz CT molecular complexity index is 1350. The number of piperazine rings is 1. The van der Waals surface area contributed by atoms with Crippen LogP contribution in [0.5, 0.6) is 0 Å². The van der Waals surface area contributed by atoms with Crippen molar-refractivity contribution < 1.29 is 4.79 Å². The van der Waals surface area contributed by atoms with Gasteiger partial charge in [0, 0.05) is 49.4 Å². The smallest absolute Gasteiger partial charge is 0.248 e. The van der Waals surface area contributed by atoms with Crippen LogP contribution in [-0.4, -0.2) is 63.8 Å². The number of benzene rings is 2.